The van der Waals surface area contributed by atoms with Crippen LogP contribution in [-0.4, -0.2) is 19.1 Å². The summed E-state index contributed by atoms with van der Waals surface area (Å²) in [5.41, 5.74) is 6.80. The zero-order valence-corrected chi connectivity index (χ0v) is 18.9. The number of nitrogens with zero attached hydrogens (tertiary/aromatic N) is 3. The number of phenols is 1. The van der Waals surface area contributed by atoms with E-state index < -0.39 is 0 Å². The Morgan fingerprint density at radius 3 is 2.03 bits per heavy atom. The van der Waals surface area contributed by atoms with Crippen molar-refractivity contribution in [2.75, 3.05) is 0 Å². The standard InChI is InChI=1S/C29H20ClN3O/c30-23-16-14-20(15-17-23)26-19-32-28(22-10-5-2-6-11-22)27(21-8-3-1-4-9-21)31-29(32)33(26)24-12-7-13-25(34)18-24/h1-19,34H. The van der Waals surface area contributed by atoms with Crippen LogP contribution in [0.5, 0.6) is 5.75 Å². The highest BCUT2D eigenvalue weighted by Crippen LogP contribution is 2.37. The molecular weight excluding hydrogens is 442 g/mol. The lowest BCUT2D eigenvalue weighted by atomic mass is 10.0. The predicted molar refractivity (Wildman–Crippen MR) is 138 cm³/mol. The van der Waals surface area contributed by atoms with Crippen molar-refractivity contribution in [2.45, 2.75) is 0 Å². The van der Waals surface area contributed by atoms with Crippen LogP contribution in [-0.2, 0) is 0 Å². The van der Waals surface area contributed by atoms with Gasteiger partial charge in [0, 0.05) is 34.0 Å². The van der Waals surface area contributed by atoms with Gasteiger partial charge in [0.15, 0.2) is 0 Å². The molecule has 0 aliphatic heterocycles. The van der Waals surface area contributed by atoms with E-state index >= 15 is 0 Å². The third-order valence-electron chi connectivity index (χ3n) is 5.91. The molecule has 5 heteroatoms. The average Bonchev–Trinajstić information content (AvgIpc) is 3.42. The Balaban J connectivity index is 1.72. The molecule has 1 N–H and O–H groups in total. The van der Waals surface area contributed by atoms with Gasteiger partial charge >= 0.3 is 0 Å². The van der Waals surface area contributed by atoms with E-state index in [1.807, 2.05) is 72.8 Å². The summed E-state index contributed by atoms with van der Waals surface area (Å²) in [7, 11) is 0. The van der Waals surface area contributed by atoms with E-state index in [-0.39, 0.29) is 5.75 Å². The summed E-state index contributed by atoms with van der Waals surface area (Å²) >= 11 is 6.17. The minimum absolute atomic E-state index is 0.199. The maximum absolute atomic E-state index is 10.2. The van der Waals surface area contributed by atoms with E-state index in [9.17, 15) is 5.11 Å². The molecule has 0 fully saturated rings. The maximum atomic E-state index is 10.2. The number of hydrogen-bond donors (Lipinski definition) is 1. The molecule has 0 spiro atoms. The van der Waals surface area contributed by atoms with Gasteiger partial charge in [-0.05, 0) is 24.3 Å². The Labute approximate surface area is 202 Å². The van der Waals surface area contributed by atoms with Gasteiger partial charge in [-0.1, -0.05) is 90.5 Å². The maximum Gasteiger partial charge on any atom is 0.220 e. The minimum Gasteiger partial charge on any atom is -0.508 e. The Kier molecular flexibility index (Phi) is 4.93. The highest BCUT2D eigenvalue weighted by atomic mass is 35.5. The second-order valence-electron chi connectivity index (χ2n) is 8.09. The van der Waals surface area contributed by atoms with Gasteiger partial charge in [-0.2, -0.15) is 0 Å². The molecule has 34 heavy (non-hydrogen) atoms. The fourth-order valence-corrected chi connectivity index (χ4v) is 4.49. The lowest BCUT2D eigenvalue weighted by molar-refractivity contribution is 0.475. The third kappa shape index (κ3) is 3.45. The molecule has 6 rings (SSSR count). The normalized spacial score (nSPS) is 11.2. The molecule has 0 bridgehead atoms. The molecule has 0 atom stereocenters. The molecule has 0 saturated carbocycles. The Hall–Kier alpha value is -4.28. The van der Waals surface area contributed by atoms with Gasteiger partial charge in [-0.25, -0.2) is 4.98 Å². The van der Waals surface area contributed by atoms with Crippen LogP contribution in [0.1, 0.15) is 0 Å². The number of aromatic hydroxyl groups is 1. The van der Waals surface area contributed by atoms with Gasteiger partial charge in [-0.3, -0.25) is 8.97 Å². The molecular formula is C29H20ClN3O. The summed E-state index contributed by atoms with van der Waals surface area (Å²) in [5, 5.41) is 10.9. The van der Waals surface area contributed by atoms with Crippen molar-refractivity contribution in [1.82, 2.24) is 14.0 Å². The summed E-state index contributed by atoms with van der Waals surface area (Å²) in [6.45, 7) is 0. The second kappa shape index (κ2) is 8.25. The molecule has 0 aliphatic rings. The number of rotatable bonds is 4. The second-order valence-corrected chi connectivity index (χ2v) is 8.52. The number of fused-ring (bicyclic) bond motifs is 1. The molecule has 0 unspecified atom stereocenters. The number of halogens is 1. The zero-order valence-electron chi connectivity index (χ0n) is 18.1. The van der Waals surface area contributed by atoms with Crippen LogP contribution < -0.4 is 0 Å². The first-order valence-electron chi connectivity index (χ1n) is 11.0. The summed E-state index contributed by atoms with van der Waals surface area (Å²) in [5.74, 6) is 0.956. The van der Waals surface area contributed by atoms with E-state index in [4.69, 9.17) is 16.6 Å². The molecule has 0 amide bonds. The molecule has 4 aromatic carbocycles. The molecule has 2 heterocycles. The Morgan fingerprint density at radius 2 is 1.35 bits per heavy atom. The largest absolute Gasteiger partial charge is 0.508 e. The van der Waals surface area contributed by atoms with Gasteiger partial charge < -0.3 is 5.11 Å². The topological polar surface area (TPSA) is 42.5 Å². The van der Waals surface area contributed by atoms with Crippen molar-refractivity contribution in [3.05, 3.63) is 120 Å². The van der Waals surface area contributed by atoms with Crippen molar-refractivity contribution >= 4 is 17.4 Å². The van der Waals surface area contributed by atoms with Gasteiger partial charge in [0.2, 0.25) is 5.78 Å². The lowest BCUT2D eigenvalue weighted by Gasteiger charge is -2.10. The predicted octanol–water partition coefficient (Wildman–Crippen LogP) is 7.49. The first-order valence-corrected chi connectivity index (χ1v) is 11.4. The number of benzene rings is 4. The lowest BCUT2D eigenvalue weighted by Crippen LogP contribution is -1.97. The molecule has 6 aromatic rings. The van der Waals surface area contributed by atoms with E-state index in [2.05, 4.69) is 39.4 Å². The minimum atomic E-state index is 0.199. The average molecular weight is 462 g/mol. The number of imidazole rings is 2. The number of phenolic OH excluding ortho intramolecular Hbond substituents is 1. The Morgan fingerprint density at radius 1 is 0.676 bits per heavy atom. The summed E-state index contributed by atoms with van der Waals surface area (Å²) in [6.07, 6.45) is 2.10. The fraction of sp³-hybridized carbons (Fsp3) is 0. The van der Waals surface area contributed by atoms with Gasteiger partial charge in [-0.15, -0.1) is 0 Å². The summed E-state index contributed by atoms with van der Waals surface area (Å²) < 4.78 is 4.20. The molecule has 4 nitrogen and oxygen atoms in total. The van der Waals surface area contributed by atoms with Gasteiger partial charge in [0.25, 0.3) is 0 Å². The first-order chi connectivity index (χ1) is 16.7. The van der Waals surface area contributed by atoms with Crippen LogP contribution in [0, 0.1) is 0 Å². The van der Waals surface area contributed by atoms with E-state index in [1.165, 1.54) is 0 Å². The van der Waals surface area contributed by atoms with Crippen molar-refractivity contribution < 1.29 is 5.11 Å². The smallest absolute Gasteiger partial charge is 0.220 e. The van der Waals surface area contributed by atoms with Crippen molar-refractivity contribution in [3.63, 3.8) is 0 Å². The highest BCUT2D eigenvalue weighted by molar-refractivity contribution is 6.30. The van der Waals surface area contributed by atoms with Crippen LogP contribution in [0.25, 0.3) is 45.2 Å². The third-order valence-corrected chi connectivity index (χ3v) is 6.16. The number of aromatic nitrogens is 3. The van der Waals surface area contributed by atoms with Gasteiger partial charge in [0.05, 0.1) is 22.8 Å². The van der Waals surface area contributed by atoms with Crippen LogP contribution in [0.15, 0.2) is 115 Å². The van der Waals surface area contributed by atoms with E-state index in [0.717, 1.165) is 45.2 Å². The van der Waals surface area contributed by atoms with Crippen LogP contribution in [0.3, 0.4) is 0 Å². The summed E-state index contributed by atoms with van der Waals surface area (Å²) in [4.78, 5) is 5.15. The van der Waals surface area contributed by atoms with E-state index in [0.29, 0.717) is 5.02 Å². The SMILES string of the molecule is Oc1cccc(-n2c(-c3ccc(Cl)cc3)cn3c(-c4ccccc4)c(-c4ccccc4)nc23)c1. The first kappa shape index (κ1) is 20.3. The zero-order chi connectivity index (χ0) is 23.1. The molecule has 0 aliphatic carbocycles. The Bertz CT molecular complexity index is 1600. The summed E-state index contributed by atoms with van der Waals surface area (Å²) in [6, 6.07) is 35.5. The van der Waals surface area contributed by atoms with Gasteiger partial charge in [0.1, 0.15) is 5.75 Å². The van der Waals surface area contributed by atoms with Crippen molar-refractivity contribution in [2.24, 2.45) is 0 Å². The molecule has 2 aromatic heterocycles. The fourth-order valence-electron chi connectivity index (χ4n) is 4.37. The monoisotopic (exact) mass is 461 g/mol. The van der Waals surface area contributed by atoms with Crippen LogP contribution in [0.4, 0.5) is 0 Å². The molecule has 164 valence electrons. The van der Waals surface area contributed by atoms with Crippen LogP contribution >= 0.6 is 11.6 Å². The quantitative estimate of drug-likeness (QED) is 0.295. The van der Waals surface area contributed by atoms with Crippen molar-refractivity contribution in [3.8, 4) is 45.2 Å². The van der Waals surface area contributed by atoms with Crippen LogP contribution in [0.2, 0.25) is 5.02 Å². The van der Waals surface area contributed by atoms with Crippen molar-refractivity contribution in [1.29, 1.82) is 0 Å². The number of hydrogen-bond acceptors (Lipinski definition) is 2. The molecule has 0 radical (unpaired) electrons. The van der Waals surface area contributed by atoms with E-state index in [1.54, 1.807) is 12.1 Å². The highest BCUT2D eigenvalue weighted by Gasteiger charge is 2.22. The molecule has 0 saturated heterocycles.